The standard InChI is InChI=1S/C32H30F6N2O5/c1-20(39-45-18-24-7-5-6-8-27(24)28(19-42-2)30(41)43-3)29(40-44-4)23-13-11-21(12-14-23)9-10-22-15-25(31(33,34)35)17-26(16-22)32(36,37)38/h5-8,11-17,19H,9-10,18H2,1-4H3. The first kappa shape index (κ1) is 34.7. The first-order valence-corrected chi connectivity index (χ1v) is 13.3. The van der Waals surface area contributed by atoms with Crippen LogP contribution in [0, 0.1) is 0 Å². The SMILES string of the molecule is COC=C(C(=O)OC)c1ccccc1CON=C(C)C(=NOC)c1ccc(CCc2cc(C(F)(F)F)cc(C(F)(F)F)c2)cc1. The zero-order valence-corrected chi connectivity index (χ0v) is 24.8. The number of alkyl halides is 6. The summed E-state index contributed by atoms with van der Waals surface area (Å²) >= 11 is 0. The van der Waals surface area contributed by atoms with Gasteiger partial charge < -0.3 is 19.1 Å². The van der Waals surface area contributed by atoms with Gasteiger partial charge in [-0.25, -0.2) is 4.79 Å². The van der Waals surface area contributed by atoms with Crippen molar-refractivity contribution in [2.24, 2.45) is 10.3 Å². The molecule has 0 N–H and O–H groups in total. The Hall–Kier alpha value is -4.81. The van der Waals surface area contributed by atoms with E-state index in [2.05, 4.69) is 10.3 Å². The minimum absolute atomic E-state index is 0.0175. The zero-order valence-electron chi connectivity index (χ0n) is 24.8. The highest BCUT2D eigenvalue weighted by Gasteiger charge is 2.36. The third-order valence-electron chi connectivity index (χ3n) is 6.47. The van der Waals surface area contributed by atoms with Gasteiger partial charge in [0.15, 0.2) is 0 Å². The van der Waals surface area contributed by atoms with E-state index in [1.807, 2.05) is 0 Å². The predicted molar refractivity (Wildman–Crippen MR) is 155 cm³/mol. The van der Waals surface area contributed by atoms with E-state index >= 15 is 0 Å². The molecule has 0 heterocycles. The lowest BCUT2D eigenvalue weighted by atomic mass is 9.98. The van der Waals surface area contributed by atoms with E-state index in [1.165, 1.54) is 27.6 Å². The summed E-state index contributed by atoms with van der Waals surface area (Å²) in [5, 5.41) is 8.15. The molecule has 0 aliphatic carbocycles. The monoisotopic (exact) mass is 636 g/mol. The van der Waals surface area contributed by atoms with Crippen molar-refractivity contribution in [3.05, 3.63) is 112 Å². The van der Waals surface area contributed by atoms with Gasteiger partial charge in [-0.15, -0.1) is 0 Å². The molecule has 0 aliphatic heterocycles. The molecule has 3 rings (SSSR count). The van der Waals surface area contributed by atoms with Crippen LogP contribution in [0.4, 0.5) is 26.3 Å². The third-order valence-corrected chi connectivity index (χ3v) is 6.47. The Kier molecular flexibility index (Phi) is 11.8. The van der Waals surface area contributed by atoms with Gasteiger partial charge in [-0.3, -0.25) is 0 Å². The number of aryl methyl sites for hydroxylation is 2. The second-order valence-electron chi connectivity index (χ2n) is 9.60. The van der Waals surface area contributed by atoms with Crippen molar-refractivity contribution in [2.45, 2.75) is 38.7 Å². The molecule has 45 heavy (non-hydrogen) atoms. The molecule has 7 nitrogen and oxygen atoms in total. The molecule has 13 heteroatoms. The van der Waals surface area contributed by atoms with Gasteiger partial charge in [0.2, 0.25) is 0 Å². The third kappa shape index (κ3) is 9.59. The minimum atomic E-state index is -4.91. The zero-order chi connectivity index (χ0) is 33.2. The topological polar surface area (TPSA) is 78.7 Å². The Balaban J connectivity index is 1.75. The van der Waals surface area contributed by atoms with E-state index in [9.17, 15) is 31.1 Å². The number of esters is 1. The van der Waals surface area contributed by atoms with Gasteiger partial charge in [0.05, 0.1) is 31.6 Å². The maximum atomic E-state index is 13.2. The molecule has 3 aromatic carbocycles. The number of halogens is 6. The summed E-state index contributed by atoms with van der Waals surface area (Å²) in [7, 11) is 4.01. The summed E-state index contributed by atoms with van der Waals surface area (Å²) in [6, 6.07) is 15.2. The molecule has 0 saturated heterocycles. The fourth-order valence-corrected chi connectivity index (χ4v) is 4.30. The van der Waals surface area contributed by atoms with Crippen LogP contribution in [0.2, 0.25) is 0 Å². The summed E-state index contributed by atoms with van der Waals surface area (Å²) in [6.07, 6.45) is -8.40. The number of carbonyl (C=O) groups excluding carboxylic acids is 1. The van der Waals surface area contributed by atoms with Crippen molar-refractivity contribution >= 4 is 23.0 Å². The quantitative estimate of drug-likeness (QED) is 0.0511. The van der Waals surface area contributed by atoms with E-state index < -0.39 is 29.4 Å². The first-order chi connectivity index (χ1) is 21.3. The Morgan fingerprint density at radius 2 is 1.40 bits per heavy atom. The molecule has 0 spiro atoms. The number of hydrogen-bond acceptors (Lipinski definition) is 7. The summed E-state index contributed by atoms with van der Waals surface area (Å²) in [5.41, 5.74) is 0.468. The molecule has 0 aliphatic rings. The lowest BCUT2D eigenvalue weighted by molar-refractivity contribution is -0.143. The molecule has 0 aromatic heterocycles. The lowest BCUT2D eigenvalue weighted by Crippen LogP contribution is -2.14. The first-order valence-electron chi connectivity index (χ1n) is 13.3. The number of methoxy groups -OCH3 is 2. The van der Waals surface area contributed by atoms with Gasteiger partial charge in [0, 0.05) is 11.1 Å². The van der Waals surface area contributed by atoms with Gasteiger partial charge >= 0.3 is 18.3 Å². The molecule has 0 saturated carbocycles. The molecule has 3 aromatic rings. The van der Waals surface area contributed by atoms with Crippen LogP contribution < -0.4 is 0 Å². The van der Waals surface area contributed by atoms with Crippen LogP contribution in [0.3, 0.4) is 0 Å². The summed E-state index contributed by atoms with van der Waals surface area (Å²) in [4.78, 5) is 22.8. The number of oxime groups is 2. The van der Waals surface area contributed by atoms with Crippen LogP contribution in [0.25, 0.3) is 5.57 Å². The predicted octanol–water partition coefficient (Wildman–Crippen LogP) is 7.61. The van der Waals surface area contributed by atoms with Crippen LogP contribution in [0.5, 0.6) is 0 Å². The van der Waals surface area contributed by atoms with Crippen molar-refractivity contribution < 1.29 is 50.3 Å². The molecule has 0 unspecified atom stereocenters. The van der Waals surface area contributed by atoms with E-state index in [4.69, 9.17) is 19.1 Å². The highest BCUT2D eigenvalue weighted by atomic mass is 19.4. The molecule has 0 atom stereocenters. The van der Waals surface area contributed by atoms with Crippen molar-refractivity contribution in [1.82, 2.24) is 0 Å². The highest BCUT2D eigenvalue weighted by molar-refractivity contribution is 6.47. The smallest absolute Gasteiger partial charge is 0.416 e. The van der Waals surface area contributed by atoms with E-state index in [0.29, 0.717) is 33.7 Å². The summed E-state index contributed by atoms with van der Waals surface area (Å²) in [5.74, 6) is -0.595. The molecular formula is C32H30F6N2O5. The molecular weight excluding hydrogens is 606 g/mol. The number of ether oxygens (including phenoxy) is 2. The second kappa shape index (κ2) is 15.3. The second-order valence-corrected chi connectivity index (χ2v) is 9.60. The summed E-state index contributed by atoms with van der Waals surface area (Å²) in [6.45, 7) is 1.62. The lowest BCUT2D eigenvalue weighted by Gasteiger charge is -2.14. The number of hydrogen-bond donors (Lipinski definition) is 0. The van der Waals surface area contributed by atoms with Gasteiger partial charge in [-0.05, 0) is 54.7 Å². The fourth-order valence-electron chi connectivity index (χ4n) is 4.30. The number of nitrogens with zero attached hydrogens (tertiary/aromatic N) is 2. The molecule has 0 amide bonds. The van der Waals surface area contributed by atoms with E-state index in [0.717, 1.165) is 12.1 Å². The number of rotatable bonds is 12. The summed E-state index contributed by atoms with van der Waals surface area (Å²) < 4.78 is 89.1. The van der Waals surface area contributed by atoms with Crippen molar-refractivity contribution in [2.75, 3.05) is 21.3 Å². The average molecular weight is 637 g/mol. The maximum absolute atomic E-state index is 13.2. The fraction of sp³-hybridized carbons (Fsp3) is 0.281. The van der Waals surface area contributed by atoms with Crippen LogP contribution >= 0.6 is 0 Å². The van der Waals surface area contributed by atoms with Crippen molar-refractivity contribution in [3.8, 4) is 0 Å². The maximum Gasteiger partial charge on any atom is 0.416 e. The van der Waals surface area contributed by atoms with Gasteiger partial charge in [-0.2, -0.15) is 26.3 Å². The Labute approximate surface area is 255 Å². The molecule has 0 bridgehead atoms. The van der Waals surface area contributed by atoms with Crippen molar-refractivity contribution in [3.63, 3.8) is 0 Å². The van der Waals surface area contributed by atoms with Gasteiger partial charge in [0.1, 0.15) is 30.7 Å². The molecule has 240 valence electrons. The van der Waals surface area contributed by atoms with Crippen molar-refractivity contribution in [1.29, 1.82) is 0 Å². The van der Waals surface area contributed by atoms with Crippen LogP contribution in [-0.4, -0.2) is 38.7 Å². The highest BCUT2D eigenvalue weighted by Crippen LogP contribution is 2.36. The molecule has 0 fully saturated rings. The van der Waals surface area contributed by atoms with Crippen LogP contribution in [0.1, 0.15) is 45.9 Å². The number of carbonyl (C=O) groups is 1. The average Bonchev–Trinajstić information content (AvgIpc) is 3.00. The van der Waals surface area contributed by atoms with E-state index in [-0.39, 0.29) is 36.7 Å². The normalized spacial score (nSPS) is 13.0. The number of benzene rings is 3. The minimum Gasteiger partial charge on any atom is -0.503 e. The van der Waals surface area contributed by atoms with Crippen LogP contribution in [-0.2, 0) is 55.7 Å². The van der Waals surface area contributed by atoms with E-state index in [1.54, 1.807) is 55.5 Å². The van der Waals surface area contributed by atoms with Gasteiger partial charge in [0.25, 0.3) is 0 Å². The van der Waals surface area contributed by atoms with Gasteiger partial charge in [-0.1, -0.05) is 58.8 Å². The Bertz CT molecular complexity index is 1530. The largest absolute Gasteiger partial charge is 0.503 e. The molecule has 0 radical (unpaired) electrons. The Morgan fingerprint density at radius 1 is 0.800 bits per heavy atom. The Morgan fingerprint density at radius 3 is 1.96 bits per heavy atom. The van der Waals surface area contributed by atoms with Crippen LogP contribution in [0.15, 0.2) is 83.3 Å².